The van der Waals surface area contributed by atoms with E-state index in [1.807, 2.05) is 24.3 Å². The highest BCUT2D eigenvalue weighted by Gasteiger charge is 2.16. The lowest BCUT2D eigenvalue weighted by atomic mass is 10.3. The summed E-state index contributed by atoms with van der Waals surface area (Å²) < 4.78 is 11.1. The number of fused-ring (bicyclic) bond motifs is 2. The molecule has 0 radical (unpaired) electrons. The number of benzene rings is 2. The molecule has 19 heavy (non-hydrogen) atoms. The van der Waals surface area contributed by atoms with Crippen LogP contribution in [0.4, 0.5) is 0 Å². The molecule has 2 aromatic carbocycles. The van der Waals surface area contributed by atoms with Crippen LogP contribution in [-0.4, -0.2) is 15.1 Å². The molecular formula is C14H8N2O3. The number of rotatable bonds is 1. The van der Waals surface area contributed by atoms with Gasteiger partial charge in [-0.25, -0.2) is 9.97 Å². The van der Waals surface area contributed by atoms with Crippen LogP contribution < -0.4 is 0 Å². The van der Waals surface area contributed by atoms with Crippen molar-refractivity contribution in [3.8, 4) is 17.5 Å². The topological polar surface area (TPSA) is 72.3 Å². The van der Waals surface area contributed by atoms with Gasteiger partial charge in [0.1, 0.15) is 11.3 Å². The van der Waals surface area contributed by atoms with Crippen molar-refractivity contribution in [2.45, 2.75) is 0 Å². The zero-order valence-electron chi connectivity index (χ0n) is 9.70. The second kappa shape index (κ2) is 3.58. The molecule has 0 unspecified atom stereocenters. The minimum absolute atomic E-state index is 0.0728. The number of nitrogens with zero attached hydrogens (tertiary/aromatic N) is 2. The van der Waals surface area contributed by atoms with Gasteiger partial charge in [0.25, 0.3) is 11.8 Å². The van der Waals surface area contributed by atoms with E-state index >= 15 is 0 Å². The summed E-state index contributed by atoms with van der Waals surface area (Å²) in [6.45, 7) is 0. The molecule has 0 fully saturated rings. The Morgan fingerprint density at radius 2 is 1.53 bits per heavy atom. The molecule has 5 heteroatoms. The molecule has 0 aliphatic carbocycles. The van der Waals surface area contributed by atoms with E-state index < -0.39 is 0 Å². The number of hydrogen-bond donors (Lipinski definition) is 1. The number of phenolic OH excluding ortho intramolecular Hbond substituents is 1. The van der Waals surface area contributed by atoms with Crippen LogP contribution in [0.25, 0.3) is 34.0 Å². The van der Waals surface area contributed by atoms with Crippen LogP contribution in [0.2, 0.25) is 0 Å². The molecule has 1 N–H and O–H groups in total. The molecule has 0 aliphatic rings. The van der Waals surface area contributed by atoms with E-state index in [0.29, 0.717) is 22.6 Å². The summed E-state index contributed by atoms with van der Waals surface area (Å²) in [5, 5.41) is 9.70. The van der Waals surface area contributed by atoms with E-state index in [1.54, 1.807) is 18.2 Å². The first-order chi connectivity index (χ1) is 9.31. The second-order valence-corrected chi connectivity index (χ2v) is 4.13. The lowest BCUT2D eigenvalue weighted by Gasteiger charge is -1.87. The fraction of sp³-hybridized carbons (Fsp3) is 0. The first kappa shape index (κ1) is 10.1. The maximum Gasteiger partial charge on any atom is 0.284 e. The lowest BCUT2D eigenvalue weighted by Crippen LogP contribution is -1.75. The van der Waals surface area contributed by atoms with E-state index in [0.717, 1.165) is 5.52 Å². The number of para-hydroxylation sites is 3. The molecule has 0 saturated carbocycles. The van der Waals surface area contributed by atoms with Gasteiger partial charge < -0.3 is 13.9 Å². The minimum atomic E-state index is 0.0728. The highest BCUT2D eigenvalue weighted by atomic mass is 16.4. The molecule has 0 spiro atoms. The van der Waals surface area contributed by atoms with Crippen molar-refractivity contribution in [2.75, 3.05) is 0 Å². The zero-order chi connectivity index (χ0) is 12.8. The number of aromatic nitrogens is 2. The highest BCUT2D eigenvalue weighted by molar-refractivity contribution is 5.82. The highest BCUT2D eigenvalue weighted by Crippen LogP contribution is 2.30. The predicted octanol–water partition coefficient (Wildman–Crippen LogP) is 3.34. The monoisotopic (exact) mass is 252 g/mol. The van der Waals surface area contributed by atoms with Gasteiger partial charge in [-0.15, -0.1) is 0 Å². The summed E-state index contributed by atoms with van der Waals surface area (Å²) in [6.07, 6.45) is 0. The van der Waals surface area contributed by atoms with E-state index in [4.69, 9.17) is 8.83 Å². The molecule has 2 aromatic heterocycles. The van der Waals surface area contributed by atoms with Gasteiger partial charge in [0.15, 0.2) is 16.7 Å². The molecule has 4 rings (SSSR count). The Kier molecular flexibility index (Phi) is 1.91. The summed E-state index contributed by atoms with van der Waals surface area (Å²) in [5.74, 6) is 0.633. The Balaban J connectivity index is 1.96. The smallest absolute Gasteiger partial charge is 0.284 e. The molecule has 4 aromatic rings. The molecular weight excluding hydrogens is 244 g/mol. The van der Waals surface area contributed by atoms with Crippen molar-refractivity contribution < 1.29 is 13.9 Å². The van der Waals surface area contributed by atoms with Gasteiger partial charge in [-0.1, -0.05) is 18.2 Å². The number of aromatic hydroxyl groups is 1. The molecule has 0 aliphatic heterocycles. The van der Waals surface area contributed by atoms with E-state index in [-0.39, 0.29) is 11.6 Å². The Morgan fingerprint density at radius 3 is 2.37 bits per heavy atom. The van der Waals surface area contributed by atoms with E-state index in [2.05, 4.69) is 9.97 Å². The Hall–Kier alpha value is -2.82. The van der Waals surface area contributed by atoms with Gasteiger partial charge in [0, 0.05) is 0 Å². The second-order valence-electron chi connectivity index (χ2n) is 4.13. The average molecular weight is 252 g/mol. The molecule has 0 bridgehead atoms. The summed E-state index contributed by atoms with van der Waals surface area (Å²) in [5.41, 5.74) is 2.31. The SMILES string of the molecule is Oc1cccc2oc(-c3nc4ccccc4o3)nc12. The van der Waals surface area contributed by atoms with Crippen LogP contribution in [-0.2, 0) is 0 Å². The summed E-state index contributed by atoms with van der Waals surface area (Å²) in [4.78, 5) is 8.51. The zero-order valence-corrected chi connectivity index (χ0v) is 9.70. The van der Waals surface area contributed by atoms with E-state index in [1.165, 1.54) is 0 Å². The average Bonchev–Trinajstić information content (AvgIpc) is 3.02. The summed E-state index contributed by atoms with van der Waals surface area (Å²) in [6, 6.07) is 12.4. The normalized spacial score (nSPS) is 11.4. The maximum atomic E-state index is 9.70. The summed E-state index contributed by atoms with van der Waals surface area (Å²) >= 11 is 0. The van der Waals surface area contributed by atoms with Crippen LogP contribution in [0.1, 0.15) is 0 Å². The third-order valence-corrected chi connectivity index (χ3v) is 2.87. The summed E-state index contributed by atoms with van der Waals surface area (Å²) in [7, 11) is 0. The minimum Gasteiger partial charge on any atom is -0.506 e. The first-order valence-corrected chi connectivity index (χ1v) is 5.76. The van der Waals surface area contributed by atoms with Crippen molar-refractivity contribution in [1.29, 1.82) is 0 Å². The van der Waals surface area contributed by atoms with E-state index in [9.17, 15) is 5.11 Å². The number of hydrogen-bond acceptors (Lipinski definition) is 5. The van der Waals surface area contributed by atoms with Crippen molar-refractivity contribution in [1.82, 2.24) is 9.97 Å². The van der Waals surface area contributed by atoms with Crippen LogP contribution >= 0.6 is 0 Å². The standard InChI is InChI=1S/C14H8N2O3/c17-9-5-3-7-11-12(9)16-14(19-11)13-15-8-4-1-2-6-10(8)18-13/h1-7,17H. The molecule has 5 nitrogen and oxygen atoms in total. The Bertz CT molecular complexity index is 859. The predicted molar refractivity (Wildman–Crippen MR) is 68.7 cm³/mol. The largest absolute Gasteiger partial charge is 0.506 e. The number of phenols is 1. The van der Waals surface area contributed by atoms with Gasteiger partial charge in [0.05, 0.1) is 0 Å². The van der Waals surface area contributed by atoms with Crippen LogP contribution in [0.15, 0.2) is 51.3 Å². The third-order valence-electron chi connectivity index (χ3n) is 2.87. The maximum absolute atomic E-state index is 9.70. The fourth-order valence-electron chi connectivity index (χ4n) is 1.99. The van der Waals surface area contributed by atoms with Gasteiger partial charge in [-0.2, -0.15) is 0 Å². The Labute approximate surface area is 107 Å². The van der Waals surface area contributed by atoms with Gasteiger partial charge in [-0.05, 0) is 24.3 Å². The third kappa shape index (κ3) is 1.48. The fourth-order valence-corrected chi connectivity index (χ4v) is 1.99. The molecule has 0 atom stereocenters. The van der Waals surface area contributed by atoms with Crippen LogP contribution in [0.3, 0.4) is 0 Å². The van der Waals surface area contributed by atoms with Crippen LogP contribution in [0.5, 0.6) is 5.75 Å². The van der Waals surface area contributed by atoms with Crippen molar-refractivity contribution in [2.24, 2.45) is 0 Å². The van der Waals surface area contributed by atoms with Gasteiger partial charge in [-0.3, -0.25) is 0 Å². The quantitative estimate of drug-likeness (QED) is 0.562. The molecule has 92 valence electrons. The first-order valence-electron chi connectivity index (χ1n) is 5.76. The molecule has 2 heterocycles. The molecule has 0 saturated heterocycles. The van der Waals surface area contributed by atoms with Gasteiger partial charge >= 0.3 is 0 Å². The molecule has 0 amide bonds. The number of oxazole rings is 2. The Morgan fingerprint density at radius 1 is 0.789 bits per heavy atom. The van der Waals surface area contributed by atoms with Crippen LogP contribution in [0, 0.1) is 0 Å². The van der Waals surface area contributed by atoms with Crippen molar-refractivity contribution in [3.05, 3.63) is 42.5 Å². The van der Waals surface area contributed by atoms with Crippen molar-refractivity contribution in [3.63, 3.8) is 0 Å². The van der Waals surface area contributed by atoms with Crippen molar-refractivity contribution >= 4 is 22.2 Å². The lowest BCUT2D eigenvalue weighted by molar-refractivity contribution is 0.480. The van der Waals surface area contributed by atoms with Gasteiger partial charge in [0.2, 0.25) is 0 Å².